The fourth-order valence-corrected chi connectivity index (χ4v) is 4.39. The van der Waals surface area contributed by atoms with Gasteiger partial charge in [-0.05, 0) is 64.0 Å². The molecule has 156 valence electrons. The average Bonchev–Trinajstić information content (AvgIpc) is 2.72. The second-order valence-electron chi connectivity index (χ2n) is 8.03. The van der Waals surface area contributed by atoms with Crippen LogP contribution < -0.4 is 10.6 Å². The molecule has 29 heavy (non-hydrogen) atoms. The van der Waals surface area contributed by atoms with Crippen LogP contribution in [0.1, 0.15) is 25.7 Å². The molecule has 0 atom stereocenters. The molecule has 1 aromatic heterocycles. The number of likely N-dealkylation sites (tertiary alicyclic amines) is 2. The van der Waals surface area contributed by atoms with Crippen molar-refractivity contribution in [3.05, 3.63) is 41.4 Å². The third-order valence-corrected chi connectivity index (χ3v) is 6.23. The highest BCUT2D eigenvalue weighted by atomic mass is 35.5. The highest BCUT2D eigenvalue weighted by Gasteiger charge is 2.27. The van der Waals surface area contributed by atoms with Gasteiger partial charge in [-0.3, -0.25) is 0 Å². The molecule has 0 spiro atoms. The summed E-state index contributed by atoms with van der Waals surface area (Å²) < 4.78 is 13.3. The number of halogens is 2. The summed E-state index contributed by atoms with van der Waals surface area (Å²) in [6, 6.07) is 7.55. The van der Waals surface area contributed by atoms with Gasteiger partial charge >= 0.3 is 0 Å². The number of piperidine rings is 2. The predicted molar refractivity (Wildman–Crippen MR) is 115 cm³/mol. The van der Waals surface area contributed by atoms with Crippen LogP contribution in [0.3, 0.4) is 0 Å². The molecule has 2 aromatic rings. The molecular formula is C21H28ClFN6. The van der Waals surface area contributed by atoms with Crippen molar-refractivity contribution in [3.63, 3.8) is 0 Å². The molecule has 0 radical (unpaired) electrons. The Balaban J connectivity index is 1.30. The van der Waals surface area contributed by atoms with Crippen molar-refractivity contribution < 1.29 is 4.39 Å². The number of anilines is 3. The number of hydrogen-bond donors (Lipinski definition) is 2. The van der Waals surface area contributed by atoms with Gasteiger partial charge < -0.3 is 20.4 Å². The normalized spacial score (nSPS) is 20.0. The number of nitrogens with zero attached hydrogens (tertiary/aromatic N) is 4. The quantitative estimate of drug-likeness (QED) is 0.765. The van der Waals surface area contributed by atoms with Crippen LogP contribution in [0, 0.1) is 5.82 Å². The van der Waals surface area contributed by atoms with Crippen molar-refractivity contribution in [3.8, 4) is 0 Å². The van der Waals surface area contributed by atoms with E-state index in [2.05, 4.69) is 37.4 Å². The zero-order valence-corrected chi connectivity index (χ0v) is 17.5. The molecule has 0 aliphatic carbocycles. The Hall–Kier alpha value is -1.96. The molecule has 3 heterocycles. The van der Waals surface area contributed by atoms with Gasteiger partial charge in [-0.1, -0.05) is 11.6 Å². The first-order chi connectivity index (χ1) is 14.1. The molecule has 0 saturated carbocycles. The van der Waals surface area contributed by atoms with E-state index in [9.17, 15) is 4.39 Å². The van der Waals surface area contributed by atoms with Gasteiger partial charge in [-0.25, -0.2) is 14.4 Å². The summed E-state index contributed by atoms with van der Waals surface area (Å²) in [5.74, 6) is 1.01. The van der Waals surface area contributed by atoms with Crippen molar-refractivity contribution in [1.82, 2.24) is 19.8 Å². The summed E-state index contributed by atoms with van der Waals surface area (Å²) in [4.78, 5) is 13.7. The summed E-state index contributed by atoms with van der Waals surface area (Å²) >= 11 is 5.85. The van der Waals surface area contributed by atoms with Crippen LogP contribution in [0.15, 0.2) is 30.6 Å². The van der Waals surface area contributed by atoms with Crippen molar-refractivity contribution in [2.45, 2.75) is 37.8 Å². The van der Waals surface area contributed by atoms with Crippen LogP contribution in [0.25, 0.3) is 0 Å². The van der Waals surface area contributed by atoms with Crippen LogP contribution in [-0.4, -0.2) is 65.1 Å². The van der Waals surface area contributed by atoms with Gasteiger partial charge in [0.05, 0.1) is 5.02 Å². The number of aromatic nitrogens is 2. The third kappa shape index (κ3) is 5.35. The third-order valence-electron chi connectivity index (χ3n) is 5.95. The first-order valence-electron chi connectivity index (χ1n) is 10.3. The van der Waals surface area contributed by atoms with Gasteiger partial charge in [0.2, 0.25) is 0 Å². The largest absolute Gasteiger partial charge is 0.367 e. The fourth-order valence-electron chi connectivity index (χ4n) is 4.20. The molecule has 2 fully saturated rings. The van der Waals surface area contributed by atoms with Crippen LogP contribution >= 0.6 is 11.6 Å². The Morgan fingerprint density at radius 2 is 1.72 bits per heavy atom. The Morgan fingerprint density at radius 1 is 1.00 bits per heavy atom. The summed E-state index contributed by atoms with van der Waals surface area (Å²) in [5.41, 5.74) is 0.687. The number of rotatable bonds is 5. The maximum atomic E-state index is 13.3. The number of benzene rings is 1. The molecule has 4 rings (SSSR count). The van der Waals surface area contributed by atoms with Gasteiger partial charge in [0, 0.05) is 36.9 Å². The molecule has 2 aliphatic heterocycles. The average molecular weight is 419 g/mol. The number of hydrogen-bond acceptors (Lipinski definition) is 6. The molecule has 8 heteroatoms. The van der Waals surface area contributed by atoms with Crippen LogP contribution in [0.4, 0.5) is 21.7 Å². The second kappa shape index (κ2) is 9.24. The monoisotopic (exact) mass is 418 g/mol. The SMILES string of the molecule is CN1CCC(N2CCC(Nc3cc(Nc4ccc(F)c(Cl)c4)ncn3)CC2)CC1. The Bertz CT molecular complexity index is 819. The molecule has 0 bridgehead atoms. The molecular weight excluding hydrogens is 391 g/mol. The topological polar surface area (TPSA) is 56.3 Å². The molecule has 6 nitrogen and oxygen atoms in total. The first-order valence-corrected chi connectivity index (χ1v) is 10.7. The smallest absolute Gasteiger partial charge is 0.141 e. The summed E-state index contributed by atoms with van der Waals surface area (Å²) in [5, 5.41) is 6.78. The molecule has 2 aliphatic rings. The minimum Gasteiger partial charge on any atom is -0.367 e. The standard InChI is InChI=1S/C21H28ClFN6/c1-28-8-6-17(7-9-28)29-10-4-15(5-11-29)26-20-13-21(25-14-24-20)27-16-2-3-19(23)18(22)12-16/h2-3,12-15,17H,4-11H2,1H3,(H2,24,25,26,27). The lowest BCUT2D eigenvalue weighted by Crippen LogP contribution is -2.48. The zero-order chi connectivity index (χ0) is 20.2. The Morgan fingerprint density at radius 3 is 2.45 bits per heavy atom. The van der Waals surface area contributed by atoms with E-state index in [4.69, 9.17) is 11.6 Å². The van der Waals surface area contributed by atoms with E-state index in [0.29, 0.717) is 17.5 Å². The highest BCUT2D eigenvalue weighted by Crippen LogP contribution is 2.24. The maximum Gasteiger partial charge on any atom is 0.141 e. The van der Waals surface area contributed by atoms with Gasteiger partial charge in [-0.2, -0.15) is 0 Å². The lowest BCUT2D eigenvalue weighted by molar-refractivity contribution is 0.0993. The predicted octanol–water partition coefficient (Wildman–Crippen LogP) is 3.98. The van der Waals surface area contributed by atoms with E-state index < -0.39 is 5.82 Å². The maximum absolute atomic E-state index is 13.3. The summed E-state index contributed by atoms with van der Waals surface area (Å²) in [6.07, 6.45) is 6.33. The minimum atomic E-state index is -0.436. The minimum absolute atomic E-state index is 0.0822. The van der Waals surface area contributed by atoms with E-state index in [1.54, 1.807) is 12.1 Å². The van der Waals surface area contributed by atoms with Crippen LogP contribution in [0.5, 0.6) is 0 Å². The summed E-state index contributed by atoms with van der Waals surface area (Å²) in [6.45, 7) is 4.68. The lowest BCUT2D eigenvalue weighted by Gasteiger charge is -2.41. The van der Waals surface area contributed by atoms with Gasteiger partial charge in [0.25, 0.3) is 0 Å². The van der Waals surface area contributed by atoms with E-state index in [0.717, 1.165) is 37.8 Å². The molecule has 0 unspecified atom stereocenters. The fraction of sp³-hybridized carbons (Fsp3) is 0.524. The highest BCUT2D eigenvalue weighted by molar-refractivity contribution is 6.31. The van der Waals surface area contributed by atoms with Crippen molar-refractivity contribution in [2.24, 2.45) is 0 Å². The summed E-state index contributed by atoms with van der Waals surface area (Å²) in [7, 11) is 2.21. The van der Waals surface area contributed by atoms with E-state index in [1.165, 1.54) is 38.3 Å². The van der Waals surface area contributed by atoms with E-state index in [1.807, 2.05) is 6.07 Å². The number of nitrogens with one attached hydrogen (secondary N) is 2. The first kappa shape index (κ1) is 20.3. The van der Waals surface area contributed by atoms with Crippen molar-refractivity contribution in [1.29, 1.82) is 0 Å². The van der Waals surface area contributed by atoms with E-state index >= 15 is 0 Å². The second-order valence-corrected chi connectivity index (χ2v) is 8.44. The van der Waals surface area contributed by atoms with Crippen LogP contribution in [0.2, 0.25) is 5.02 Å². The molecule has 2 saturated heterocycles. The zero-order valence-electron chi connectivity index (χ0n) is 16.7. The van der Waals surface area contributed by atoms with Gasteiger partial charge in [0.15, 0.2) is 0 Å². The van der Waals surface area contributed by atoms with Gasteiger partial charge in [0.1, 0.15) is 23.8 Å². The molecule has 1 aromatic carbocycles. The Kier molecular flexibility index (Phi) is 6.47. The van der Waals surface area contributed by atoms with Crippen molar-refractivity contribution in [2.75, 3.05) is 43.9 Å². The lowest BCUT2D eigenvalue weighted by atomic mass is 9.98. The van der Waals surface area contributed by atoms with E-state index in [-0.39, 0.29) is 5.02 Å². The molecule has 2 N–H and O–H groups in total. The Labute approximate surface area is 176 Å². The molecule has 0 amide bonds. The van der Waals surface area contributed by atoms with Gasteiger partial charge in [-0.15, -0.1) is 0 Å². The van der Waals surface area contributed by atoms with Crippen LogP contribution in [-0.2, 0) is 0 Å². The van der Waals surface area contributed by atoms with Crippen molar-refractivity contribution >= 4 is 28.9 Å².